The van der Waals surface area contributed by atoms with Crippen LogP contribution in [-0.2, 0) is 31.7 Å². The molecule has 0 bridgehead atoms. The fraction of sp³-hybridized carbons (Fsp3) is 0.406. The van der Waals surface area contributed by atoms with Crippen LogP contribution in [0.4, 0.5) is 27.6 Å². The number of nitrogens with one attached hydrogen (secondary N) is 2. The number of benzene rings is 2. The van der Waals surface area contributed by atoms with E-state index in [1.807, 2.05) is 0 Å². The van der Waals surface area contributed by atoms with Gasteiger partial charge in [0.2, 0.25) is 0 Å². The van der Waals surface area contributed by atoms with Crippen molar-refractivity contribution >= 4 is 11.6 Å². The first kappa shape index (κ1) is 34.3. The predicted octanol–water partition coefficient (Wildman–Crippen LogP) is 4.92. The number of alkyl halides is 3. The Hall–Kier alpha value is -4.62. The van der Waals surface area contributed by atoms with Gasteiger partial charge in [0.15, 0.2) is 0 Å². The van der Waals surface area contributed by atoms with Crippen molar-refractivity contribution < 1.29 is 36.2 Å². The topological polar surface area (TPSA) is 104 Å². The summed E-state index contributed by atoms with van der Waals surface area (Å²) >= 11 is 0. The highest BCUT2D eigenvalue weighted by Gasteiger charge is 2.38. The summed E-state index contributed by atoms with van der Waals surface area (Å²) in [5.41, 5.74) is 0.242. The van der Waals surface area contributed by atoms with Gasteiger partial charge in [-0.25, -0.2) is 13.6 Å². The van der Waals surface area contributed by atoms with Gasteiger partial charge in [-0.2, -0.15) is 13.2 Å². The van der Waals surface area contributed by atoms with Gasteiger partial charge in [0.25, 0.3) is 11.5 Å². The lowest BCUT2D eigenvalue weighted by Gasteiger charge is -2.27. The minimum absolute atomic E-state index is 0.0568. The molecule has 248 valence electrons. The van der Waals surface area contributed by atoms with Crippen LogP contribution in [0.1, 0.15) is 46.9 Å². The molecule has 2 heterocycles. The average Bonchev–Trinajstić information content (AvgIpc) is 3.00. The predicted molar refractivity (Wildman–Crippen MR) is 162 cm³/mol. The molecule has 2 aromatic carbocycles. The molecule has 1 aliphatic rings. The van der Waals surface area contributed by atoms with Crippen LogP contribution in [0, 0.1) is 18.6 Å². The quantitative estimate of drug-likeness (QED) is 0.239. The fourth-order valence-corrected chi connectivity index (χ4v) is 5.50. The number of rotatable bonds is 10. The lowest BCUT2D eigenvalue weighted by atomic mass is 9.90. The van der Waals surface area contributed by atoms with Gasteiger partial charge in [0.1, 0.15) is 34.7 Å². The van der Waals surface area contributed by atoms with Gasteiger partial charge in [-0.3, -0.25) is 14.2 Å². The Morgan fingerprint density at radius 3 is 2.37 bits per heavy atom. The Kier molecular flexibility index (Phi) is 9.97. The molecule has 3 aromatic rings. The van der Waals surface area contributed by atoms with Crippen LogP contribution in [0.2, 0.25) is 0 Å². The number of anilines is 1. The van der Waals surface area contributed by atoms with Gasteiger partial charge in [-0.05, 0) is 49.4 Å². The number of nitrogens with zero attached hydrogens (tertiary/aromatic N) is 2. The molecule has 1 aromatic heterocycles. The number of halogens is 5. The van der Waals surface area contributed by atoms with Crippen LogP contribution in [0.3, 0.4) is 0 Å². The van der Waals surface area contributed by atoms with E-state index in [1.54, 1.807) is 26.1 Å². The lowest BCUT2D eigenvalue weighted by Crippen LogP contribution is -2.39. The van der Waals surface area contributed by atoms with Crippen LogP contribution in [0.25, 0.3) is 11.1 Å². The van der Waals surface area contributed by atoms with Crippen LogP contribution in [0.5, 0.6) is 5.75 Å². The summed E-state index contributed by atoms with van der Waals surface area (Å²) in [6.07, 6.45) is -3.77. The van der Waals surface area contributed by atoms with Crippen molar-refractivity contribution in [1.29, 1.82) is 0 Å². The van der Waals surface area contributed by atoms with Gasteiger partial charge in [-0.1, -0.05) is 25.6 Å². The summed E-state index contributed by atoms with van der Waals surface area (Å²) in [7, 11) is 4.26. The van der Waals surface area contributed by atoms with Gasteiger partial charge in [-0.15, -0.1) is 0 Å². The zero-order valence-electron chi connectivity index (χ0n) is 26.0. The van der Waals surface area contributed by atoms with E-state index in [2.05, 4.69) is 17.2 Å². The molecule has 46 heavy (non-hydrogen) atoms. The number of amides is 1. The Balaban J connectivity index is 1.68. The molecule has 0 fully saturated rings. The van der Waals surface area contributed by atoms with Crippen molar-refractivity contribution in [1.82, 2.24) is 14.5 Å². The monoisotopic (exact) mass is 650 g/mol. The molecular weight excluding hydrogens is 615 g/mol. The smallest absolute Gasteiger partial charge is 0.408 e. The zero-order chi connectivity index (χ0) is 34.1. The highest BCUT2D eigenvalue weighted by molar-refractivity contribution is 5.95. The molecule has 0 aliphatic carbocycles. The molecular formula is C32H35F5N4O5. The number of aromatic nitrogens is 2. The van der Waals surface area contributed by atoms with E-state index in [-0.39, 0.29) is 18.6 Å². The number of ether oxygens (including phenoxy) is 2. The highest BCUT2D eigenvalue weighted by Crippen LogP contribution is 2.39. The molecule has 9 nitrogen and oxygen atoms in total. The van der Waals surface area contributed by atoms with E-state index in [0.717, 1.165) is 10.1 Å². The van der Waals surface area contributed by atoms with Crippen LogP contribution >= 0.6 is 0 Å². The third kappa shape index (κ3) is 6.65. The van der Waals surface area contributed by atoms with Crippen molar-refractivity contribution in [2.75, 3.05) is 19.0 Å². The molecule has 4 rings (SSSR count). The standard InChI is InChI=1S/C32H35F5N4O5/c1-7-25(32(35,36)37)38-19-14-22(33)27(23(34)15-19)29(42)39-24(17(3)45-6)13-18-10-11-21(28-20(18)9-8-12-46-28)26-16(2)40(4)31(44)41(5)30(26)43/h10-11,14-15,24-25,38H,3,7-9,12-13H2,1-2,4-6H3,(H,39,42)/t24-,25+/m0/s1. The van der Waals surface area contributed by atoms with Gasteiger partial charge >= 0.3 is 11.9 Å². The molecule has 14 heteroatoms. The Bertz CT molecular complexity index is 1770. The van der Waals surface area contributed by atoms with E-state index in [4.69, 9.17) is 9.47 Å². The first-order chi connectivity index (χ1) is 21.6. The second kappa shape index (κ2) is 13.4. The molecule has 1 amide bonds. The first-order valence-corrected chi connectivity index (χ1v) is 14.5. The van der Waals surface area contributed by atoms with Crippen molar-refractivity contribution in [3.8, 4) is 16.9 Å². The maximum atomic E-state index is 15.0. The summed E-state index contributed by atoms with van der Waals surface area (Å²) in [5, 5.41) is 4.58. The van der Waals surface area contributed by atoms with Gasteiger partial charge < -0.3 is 24.7 Å². The van der Waals surface area contributed by atoms with E-state index in [1.165, 1.54) is 25.6 Å². The van der Waals surface area contributed by atoms with Crippen LogP contribution < -0.4 is 26.6 Å². The maximum Gasteiger partial charge on any atom is 0.408 e. The van der Waals surface area contributed by atoms with E-state index >= 15 is 8.78 Å². The molecule has 0 saturated carbocycles. The highest BCUT2D eigenvalue weighted by atomic mass is 19.4. The molecule has 0 unspecified atom stereocenters. The SMILES string of the molecule is C=C(OC)[C@H](Cc1ccc(-c2c(C)n(C)c(=O)n(C)c2=O)c2c1CCCO2)NC(=O)c1c(F)cc(N[C@H](CC)C(F)(F)F)cc1F. The Morgan fingerprint density at radius 1 is 1.13 bits per heavy atom. The minimum Gasteiger partial charge on any atom is -0.500 e. The number of fused-ring (bicyclic) bond motifs is 1. The number of hydrogen-bond donors (Lipinski definition) is 2. The number of carbonyl (C=O) groups is 1. The summed E-state index contributed by atoms with van der Waals surface area (Å²) in [6, 6.07) is 1.64. The average molecular weight is 651 g/mol. The van der Waals surface area contributed by atoms with Crippen molar-refractivity contribution in [2.45, 2.75) is 57.8 Å². The lowest BCUT2D eigenvalue weighted by molar-refractivity contribution is -0.142. The third-order valence-corrected chi connectivity index (χ3v) is 8.20. The molecule has 2 atom stereocenters. The molecule has 1 aliphatic heterocycles. The first-order valence-electron chi connectivity index (χ1n) is 14.5. The summed E-state index contributed by atoms with van der Waals surface area (Å²) in [5.74, 6) is -3.37. The number of hydrogen-bond acceptors (Lipinski definition) is 6. The largest absolute Gasteiger partial charge is 0.500 e. The minimum atomic E-state index is -4.65. The summed E-state index contributed by atoms with van der Waals surface area (Å²) in [4.78, 5) is 38.8. The summed E-state index contributed by atoms with van der Waals surface area (Å²) < 4.78 is 83.2. The number of methoxy groups -OCH3 is 1. The maximum absolute atomic E-state index is 15.0. The fourth-order valence-electron chi connectivity index (χ4n) is 5.50. The Labute approximate surface area is 261 Å². The molecule has 0 saturated heterocycles. The van der Waals surface area contributed by atoms with E-state index in [0.29, 0.717) is 59.7 Å². The second-order valence-corrected chi connectivity index (χ2v) is 11.1. The number of carbonyl (C=O) groups excluding carboxylic acids is 1. The van der Waals surface area contributed by atoms with Crippen LogP contribution in [0.15, 0.2) is 46.2 Å². The van der Waals surface area contributed by atoms with Crippen molar-refractivity contribution in [3.63, 3.8) is 0 Å². The van der Waals surface area contributed by atoms with Crippen molar-refractivity contribution in [2.24, 2.45) is 14.1 Å². The van der Waals surface area contributed by atoms with E-state index < -0.39 is 58.3 Å². The molecule has 0 radical (unpaired) electrons. The Morgan fingerprint density at radius 2 is 1.78 bits per heavy atom. The normalized spacial score (nSPS) is 14.1. The second-order valence-electron chi connectivity index (χ2n) is 11.1. The molecule has 2 N–H and O–H groups in total. The van der Waals surface area contributed by atoms with Crippen LogP contribution in [-0.4, -0.2) is 47.0 Å². The zero-order valence-corrected chi connectivity index (χ0v) is 26.0. The third-order valence-electron chi connectivity index (χ3n) is 8.20. The summed E-state index contributed by atoms with van der Waals surface area (Å²) in [6.45, 7) is 7.13. The molecule has 0 spiro atoms. The van der Waals surface area contributed by atoms with Crippen molar-refractivity contribution in [3.05, 3.63) is 91.5 Å². The van der Waals surface area contributed by atoms with Gasteiger partial charge in [0, 0.05) is 37.5 Å². The van der Waals surface area contributed by atoms with Gasteiger partial charge in [0.05, 0.1) is 25.3 Å². The van der Waals surface area contributed by atoms with E-state index in [9.17, 15) is 27.6 Å².